The molecule has 116 valence electrons. The molecule has 2 bridgehead atoms. The summed E-state index contributed by atoms with van der Waals surface area (Å²) in [5.74, 6) is 0.440. The monoisotopic (exact) mass is 310 g/mol. The first-order valence-electron chi connectivity index (χ1n) is 8.01. The Hall–Kier alpha value is -2.30. The number of hydrogen-bond acceptors (Lipinski definition) is 3. The smallest absolute Gasteiger partial charge is 0.254 e. The summed E-state index contributed by atoms with van der Waals surface area (Å²) in [5, 5.41) is 5.14. The molecule has 1 heterocycles. The van der Waals surface area contributed by atoms with Crippen molar-refractivity contribution in [2.24, 2.45) is 40.6 Å². The number of carbonyl (C=O) groups excluding carboxylic acids is 2. The molecule has 5 aliphatic rings. The predicted molar refractivity (Wildman–Crippen MR) is 80.5 cm³/mol. The molecule has 1 aromatic rings. The van der Waals surface area contributed by atoms with Crippen LogP contribution in [0.2, 0.25) is 0 Å². The summed E-state index contributed by atoms with van der Waals surface area (Å²) < 4.78 is 12.9. The van der Waals surface area contributed by atoms with Crippen LogP contribution in [0.25, 0.3) is 0 Å². The van der Waals surface area contributed by atoms with E-state index < -0.39 is 0 Å². The molecule has 1 aliphatic heterocycles. The number of halogens is 1. The Morgan fingerprint density at radius 1 is 1.00 bits per heavy atom. The molecule has 23 heavy (non-hydrogen) atoms. The minimum absolute atomic E-state index is 0.178. The topological polar surface area (TPSA) is 49.7 Å². The molecule has 0 N–H and O–H groups in total. The highest BCUT2D eigenvalue weighted by molar-refractivity contribution is 6.06. The number of amides is 2. The van der Waals surface area contributed by atoms with E-state index in [1.54, 1.807) is 12.1 Å². The largest absolute Gasteiger partial charge is 0.272 e. The van der Waals surface area contributed by atoms with Crippen molar-refractivity contribution in [3.05, 3.63) is 47.8 Å². The van der Waals surface area contributed by atoms with Gasteiger partial charge in [0.15, 0.2) is 0 Å². The van der Waals surface area contributed by atoms with Gasteiger partial charge in [-0.2, -0.15) is 10.1 Å². The van der Waals surface area contributed by atoms with E-state index in [9.17, 15) is 14.0 Å². The number of allylic oxidation sites excluding steroid dienone is 2. The second-order valence-corrected chi connectivity index (χ2v) is 6.94. The first-order chi connectivity index (χ1) is 11.1. The van der Waals surface area contributed by atoms with Crippen molar-refractivity contribution < 1.29 is 14.0 Å². The summed E-state index contributed by atoms with van der Waals surface area (Å²) in [4.78, 5) is 25.4. The summed E-state index contributed by atoms with van der Waals surface area (Å²) in [7, 11) is 0. The van der Waals surface area contributed by atoms with E-state index in [1.807, 2.05) is 0 Å². The highest BCUT2D eigenvalue weighted by atomic mass is 19.1. The highest BCUT2D eigenvalue weighted by Crippen LogP contribution is 2.65. The quantitative estimate of drug-likeness (QED) is 0.478. The molecule has 0 spiro atoms. The van der Waals surface area contributed by atoms with E-state index in [1.165, 1.54) is 18.3 Å². The molecule has 6 rings (SSSR count). The maximum atomic E-state index is 12.9. The molecule has 4 aliphatic carbocycles. The molecular weight excluding hydrogens is 295 g/mol. The van der Waals surface area contributed by atoms with Gasteiger partial charge in [0.25, 0.3) is 11.8 Å². The van der Waals surface area contributed by atoms with Crippen LogP contribution in [0.4, 0.5) is 4.39 Å². The van der Waals surface area contributed by atoms with Gasteiger partial charge in [-0.05, 0) is 47.8 Å². The van der Waals surface area contributed by atoms with Gasteiger partial charge in [0.05, 0.1) is 18.1 Å². The van der Waals surface area contributed by atoms with E-state index in [-0.39, 0.29) is 41.3 Å². The van der Waals surface area contributed by atoms with E-state index in [4.69, 9.17) is 0 Å². The van der Waals surface area contributed by atoms with Gasteiger partial charge in [-0.25, -0.2) is 4.39 Å². The minimum Gasteiger partial charge on any atom is -0.272 e. The number of imide groups is 1. The molecule has 1 saturated heterocycles. The van der Waals surface area contributed by atoms with Crippen LogP contribution in [-0.2, 0) is 9.59 Å². The zero-order valence-corrected chi connectivity index (χ0v) is 12.3. The van der Waals surface area contributed by atoms with Gasteiger partial charge in [0.1, 0.15) is 5.82 Å². The maximum absolute atomic E-state index is 12.9. The van der Waals surface area contributed by atoms with Crippen molar-refractivity contribution in [1.29, 1.82) is 0 Å². The Labute approximate surface area is 132 Å². The second-order valence-electron chi connectivity index (χ2n) is 6.94. The lowest BCUT2D eigenvalue weighted by atomic mass is 9.63. The van der Waals surface area contributed by atoms with Crippen LogP contribution in [0, 0.1) is 41.3 Å². The number of nitrogens with zero attached hydrogens (tertiary/aromatic N) is 2. The van der Waals surface area contributed by atoms with E-state index in [2.05, 4.69) is 17.3 Å². The fourth-order valence-electron chi connectivity index (χ4n) is 4.73. The van der Waals surface area contributed by atoms with Crippen LogP contribution >= 0.6 is 0 Å². The van der Waals surface area contributed by atoms with Gasteiger partial charge in [0, 0.05) is 0 Å². The number of rotatable bonds is 2. The molecule has 0 radical (unpaired) electrons. The van der Waals surface area contributed by atoms with Crippen molar-refractivity contribution >= 4 is 18.0 Å². The minimum atomic E-state index is -0.330. The lowest BCUT2D eigenvalue weighted by molar-refractivity contribution is -0.140. The van der Waals surface area contributed by atoms with Gasteiger partial charge in [-0.15, -0.1) is 0 Å². The molecule has 3 fully saturated rings. The average Bonchev–Trinajstić information content (AvgIpc) is 3.33. The third kappa shape index (κ3) is 1.73. The first-order valence-corrected chi connectivity index (χ1v) is 8.01. The van der Waals surface area contributed by atoms with Gasteiger partial charge in [-0.3, -0.25) is 9.59 Å². The van der Waals surface area contributed by atoms with E-state index >= 15 is 0 Å². The van der Waals surface area contributed by atoms with Crippen molar-refractivity contribution in [1.82, 2.24) is 5.01 Å². The zero-order chi connectivity index (χ0) is 15.7. The number of benzene rings is 1. The molecule has 2 amide bonds. The van der Waals surface area contributed by atoms with Crippen molar-refractivity contribution in [3.63, 3.8) is 0 Å². The van der Waals surface area contributed by atoms with E-state index in [0.29, 0.717) is 17.4 Å². The van der Waals surface area contributed by atoms with Crippen LogP contribution in [-0.4, -0.2) is 23.0 Å². The molecule has 2 saturated carbocycles. The summed E-state index contributed by atoms with van der Waals surface area (Å²) in [5.41, 5.74) is 0.658. The fourth-order valence-corrected chi connectivity index (χ4v) is 4.73. The van der Waals surface area contributed by atoms with Gasteiger partial charge >= 0.3 is 0 Å². The van der Waals surface area contributed by atoms with Gasteiger partial charge < -0.3 is 0 Å². The molecule has 6 atom stereocenters. The Bertz CT molecular complexity index is 734. The highest BCUT2D eigenvalue weighted by Gasteiger charge is 2.67. The van der Waals surface area contributed by atoms with Gasteiger partial charge in [-0.1, -0.05) is 24.3 Å². The van der Waals surface area contributed by atoms with Crippen LogP contribution in [0.15, 0.2) is 41.5 Å². The lowest BCUT2D eigenvalue weighted by Gasteiger charge is -2.37. The maximum Gasteiger partial charge on any atom is 0.254 e. The summed E-state index contributed by atoms with van der Waals surface area (Å²) in [6.45, 7) is 0. The van der Waals surface area contributed by atoms with E-state index in [0.717, 1.165) is 11.4 Å². The molecule has 5 heteroatoms. The van der Waals surface area contributed by atoms with Crippen molar-refractivity contribution in [2.45, 2.75) is 6.42 Å². The molecule has 4 nitrogen and oxygen atoms in total. The Morgan fingerprint density at radius 2 is 1.57 bits per heavy atom. The Morgan fingerprint density at radius 3 is 2.13 bits per heavy atom. The third-order valence-corrected chi connectivity index (χ3v) is 5.83. The van der Waals surface area contributed by atoms with Gasteiger partial charge in [0.2, 0.25) is 0 Å². The number of hydrazone groups is 1. The van der Waals surface area contributed by atoms with Crippen LogP contribution in [0.3, 0.4) is 0 Å². The summed E-state index contributed by atoms with van der Waals surface area (Å²) in [6, 6.07) is 5.79. The Balaban J connectivity index is 1.44. The average molecular weight is 310 g/mol. The lowest BCUT2D eigenvalue weighted by Crippen LogP contribution is -2.40. The van der Waals surface area contributed by atoms with Crippen LogP contribution in [0.1, 0.15) is 12.0 Å². The normalized spacial score (nSPS) is 40.0. The molecular formula is C18H15FN2O2. The van der Waals surface area contributed by atoms with Crippen LogP contribution < -0.4 is 0 Å². The third-order valence-electron chi connectivity index (χ3n) is 5.83. The summed E-state index contributed by atoms with van der Waals surface area (Å²) in [6.07, 6.45) is 6.87. The van der Waals surface area contributed by atoms with Crippen molar-refractivity contribution in [3.8, 4) is 0 Å². The summed E-state index contributed by atoms with van der Waals surface area (Å²) >= 11 is 0. The molecule has 1 aromatic carbocycles. The first kappa shape index (κ1) is 13.2. The SMILES string of the molecule is O=C1[C@H]2[C@@H]3C=C[C@H]([C@@H]4C[C@H]34)[C@@H]2C(=O)N1/N=C\c1ccc(F)cc1. The fraction of sp³-hybridized carbons (Fsp3) is 0.389. The Kier molecular flexibility index (Phi) is 2.50. The molecule has 0 aromatic heterocycles. The second kappa shape index (κ2) is 4.37. The van der Waals surface area contributed by atoms with Crippen molar-refractivity contribution in [2.75, 3.05) is 0 Å². The number of hydrogen-bond donors (Lipinski definition) is 0. The number of carbonyl (C=O) groups is 2. The zero-order valence-electron chi connectivity index (χ0n) is 12.3. The molecule has 0 unspecified atom stereocenters. The van der Waals surface area contributed by atoms with Crippen LogP contribution in [0.5, 0.6) is 0 Å². The standard InChI is InChI=1S/C18H15FN2O2/c19-10-3-1-9(2-4-10)8-20-21-17(22)15-11-5-6-12(14-7-13(11)14)16(15)18(21)23/h1-6,8,11-16H,7H2/b20-8-/t11-,12-,13-,14+,15+,16+/m1/s1. The predicted octanol–water partition coefficient (Wildman–Crippen LogP) is 2.21.